The number of pyridine rings is 1. The Morgan fingerprint density at radius 2 is 2.12 bits per heavy atom. The fraction of sp³-hybridized carbons (Fsp3) is 0.278. The minimum Gasteiger partial charge on any atom is -0.488 e. The van der Waals surface area contributed by atoms with Crippen molar-refractivity contribution in [2.45, 2.75) is 18.6 Å². The van der Waals surface area contributed by atoms with E-state index in [-0.39, 0.29) is 6.61 Å². The predicted octanol–water partition coefficient (Wildman–Crippen LogP) is 2.20. The number of ether oxygens (including phenoxy) is 2. The lowest BCUT2D eigenvalue weighted by atomic mass is 10.1. The van der Waals surface area contributed by atoms with Gasteiger partial charge >= 0.3 is 0 Å². The van der Waals surface area contributed by atoms with E-state index in [1.54, 1.807) is 24.3 Å². The Morgan fingerprint density at radius 3 is 2.81 bits per heavy atom. The second-order valence-electron chi connectivity index (χ2n) is 5.72. The molecule has 1 aliphatic heterocycles. The summed E-state index contributed by atoms with van der Waals surface area (Å²) in [4.78, 5) is 15.7. The molecule has 0 spiro atoms. The smallest absolute Gasteiger partial charge is 0.273 e. The summed E-state index contributed by atoms with van der Waals surface area (Å²) in [5.74, 6) is -2.13. The van der Waals surface area contributed by atoms with E-state index in [9.17, 15) is 13.6 Å². The van der Waals surface area contributed by atoms with Crippen LogP contribution in [0, 0.1) is 23.0 Å². The molecule has 0 saturated carbocycles. The molecule has 134 valence electrons. The van der Waals surface area contributed by atoms with Crippen LogP contribution in [0.25, 0.3) is 0 Å². The zero-order valence-electron chi connectivity index (χ0n) is 13.6. The number of hydrogen-bond donors (Lipinski definition) is 1. The van der Waals surface area contributed by atoms with Crippen molar-refractivity contribution in [1.29, 1.82) is 5.26 Å². The third kappa shape index (κ3) is 4.13. The summed E-state index contributed by atoms with van der Waals surface area (Å²) in [5, 5.41) is 11.4. The molecule has 2 heterocycles. The van der Waals surface area contributed by atoms with Gasteiger partial charge in [0.05, 0.1) is 37.1 Å². The number of carbonyl (C=O) groups excluding carboxylic acids is 1. The molecule has 6 nitrogen and oxygen atoms in total. The van der Waals surface area contributed by atoms with E-state index < -0.39 is 35.4 Å². The van der Waals surface area contributed by atoms with Crippen molar-refractivity contribution in [3.8, 4) is 11.8 Å². The van der Waals surface area contributed by atoms with Crippen LogP contribution in [0.2, 0.25) is 0 Å². The molecule has 1 fully saturated rings. The Kier molecular flexibility index (Phi) is 5.39. The maximum atomic E-state index is 13.7. The van der Waals surface area contributed by atoms with Crippen molar-refractivity contribution < 1.29 is 23.0 Å². The van der Waals surface area contributed by atoms with Gasteiger partial charge in [0.25, 0.3) is 5.91 Å². The molecule has 0 unspecified atom stereocenters. The standard InChI is InChI=1S/C18H15F2N3O3/c19-12-7-14(20)17(22-9-12)18(24)23-15-10-25-6-5-16(15)26-13-3-1-11(8-21)2-4-13/h1-4,7,9,15-16H,5-6,10H2,(H,23,24)/t15-,16-/m1/s1. The van der Waals surface area contributed by atoms with E-state index in [0.29, 0.717) is 30.4 Å². The average molecular weight is 359 g/mol. The molecule has 0 radical (unpaired) electrons. The second kappa shape index (κ2) is 7.89. The molecule has 1 amide bonds. The summed E-state index contributed by atoms with van der Waals surface area (Å²) >= 11 is 0. The quantitative estimate of drug-likeness (QED) is 0.905. The molecular formula is C18H15F2N3O3. The monoisotopic (exact) mass is 359 g/mol. The van der Waals surface area contributed by atoms with Gasteiger partial charge in [0, 0.05) is 12.5 Å². The van der Waals surface area contributed by atoms with Crippen molar-refractivity contribution in [3.05, 3.63) is 59.4 Å². The number of aromatic nitrogens is 1. The van der Waals surface area contributed by atoms with Crippen LogP contribution in [-0.4, -0.2) is 36.3 Å². The maximum Gasteiger partial charge on any atom is 0.273 e. The molecule has 8 heteroatoms. The van der Waals surface area contributed by atoms with Crippen molar-refractivity contribution in [2.75, 3.05) is 13.2 Å². The van der Waals surface area contributed by atoms with Crippen molar-refractivity contribution in [2.24, 2.45) is 0 Å². The second-order valence-corrected chi connectivity index (χ2v) is 5.72. The molecular weight excluding hydrogens is 344 g/mol. The Morgan fingerprint density at radius 1 is 1.35 bits per heavy atom. The zero-order valence-corrected chi connectivity index (χ0v) is 13.6. The van der Waals surface area contributed by atoms with E-state index in [4.69, 9.17) is 14.7 Å². The number of amides is 1. The molecule has 26 heavy (non-hydrogen) atoms. The van der Waals surface area contributed by atoms with Gasteiger partial charge in [-0.3, -0.25) is 4.79 Å². The summed E-state index contributed by atoms with van der Waals surface area (Å²) in [6.45, 7) is 0.645. The van der Waals surface area contributed by atoms with Gasteiger partial charge in [-0.25, -0.2) is 13.8 Å². The van der Waals surface area contributed by atoms with Crippen LogP contribution >= 0.6 is 0 Å². The fourth-order valence-electron chi connectivity index (χ4n) is 2.60. The highest BCUT2D eigenvalue weighted by atomic mass is 19.1. The lowest BCUT2D eigenvalue weighted by Gasteiger charge is -2.32. The summed E-state index contributed by atoms with van der Waals surface area (Å²) in [7, 11) is 0. The number of nitrogens with zero attached hydrogens (tertiary/aromatic N) is 2. The fourth-order valence-corrected chi connectivity index (χ4v) is 2.60. The lowest BCUT2D eigenvalue weighted by Crippen LogP contribution is -2.52. The lowest BCUT2D eigenvalue weighted by molar-refractivity contribution is -0.00300. The molecule has 0 aliphatic carbocycles. The highest BCUT2D eigenvalue weighted by Gasteiger charge is 2.30. The topological polar surface area (TPSA) is 84.2 Å². The Hall–Kier alpha value is -3.05. The van der Waals surface area contributed by atoms with E-state index in [0.717, 1.165) is 6.20 Å². The minimum atomic E-state index is -1.04. The van der Waals surface area contributed by atoms with Crippen LogP contribution in [0.15, 0.2) is 36.5 Å². The molecule has 2 aromatic rings. The summed E-state index contributed by atoms with van der Waals surface area (Å²) in [6, 6.07) is 8.66. The van der Waals surface area contributed by atoms with Gasteiger partial charge in [-0.2, -0.15) is 5.26 Å². The van der Waals surface area contributed by atoms with Crippen LogP contribution in [0.5, 0.6) is 5.75 Å². The van der Waals surface area contributed by atoms with Crippen molar-refractivity contribution in [1.82, 2.24) is 10.3 Å². The molecule has 1 N–H and O–H groups in total. The number of carbonyl (C=O) groups is 1. The van der Waals surface area contributed by atoms with Gasteiger partial charge in [0.15, 0.2) is 11.5 Å². The van der Waals surface area contributed by atoms with Gasteiger partial charge < -0.3 is 14.8 Å². The third-order valence-corrected chi connectivity index (χ3v) is 3.90. The number of nitriles is 1. The summed E-state index contributed by atoms with van der Waals surface area (Å²) in [6.07, 6.45) is 0.897. The third-order valence-electron chi connectivity index (χ3n) is 3.90. The molecule has 1 aromatic heterocycles. The van der Waals surface area contributed by atoms with Gasteiger partial charge in [-0.05, 0) is 24.3 Å². The molecule has 2 atom stereocenters. The van der Waals surface area contributed by atoms with Crippen LogP contribution < -0.4 is 10.1 Å². The average Bonchev–Trinajstić information content (AvgIpc) is 2.64. The summed E-state index contributed by atoms with van der Waals surface area (Å²) in [5.41, 5.74) is 0.0149. The first kappa shape index (κ1) is 17.8. The van der Waals surface area contributed by atoms with Gasteiger partial charge in [-0.15, -0.1) is 0 Å². The largest absolute Gasteiger partial charge is 0.488 e. The maximum absolute atomic E-state index is 13.7. The van der Waals surface area contributed by atoms with Gasteiger partial charge in [0.2, 0.25) is 0 Å². The molecule has 0 bridgehead atoms. The Labute approximate surface area is 148 Å². The first-order valence-electron chi connectivity index (χ1n) is 7.93. The molecule has 1 saturated heterocycles. The normalized spacial score (nSPS) is 19.4. The first-order valence-corrected chi connectivity index (χ1v) is 7.93. The van der Waals surface area contributed by atoms with Crippen molar-refractivity contribution in [3.63, 3.8) is 0 Å². The predicted molar refractivity (Wildman–Crippen MR) is 86.4 cm³/mol. The van der Waals surface area contributed by atoms with Crippen LogP contribution in [0.3, 0.4) is 0 Å². The Balaban J connectivity index is 1.70. The molecule has 1 aromatic carbocycles. The highest BCUT2D eigenvalue weighted by molar-refractivity contribution is 5.92. The number of hydrogen-bond acceptors (Lipinski definition) is 5. The number of halogens is 2. The van der Waals surface area contributed by atoms with E-state index in [1.807, 2.05) is 6.07 Å². The SMILES string of the molecule is N#Cc1ccc(O[C@@H]2CCOC[C@H]2NC(=O)c2ncc(F)cc2F)cc1. The first-order chi connectivity index (χ1) is 12.6. The van der Waals surface area contributed by atoms with Crippen LogP contribution in [-0.2, 0) is 4.74 Å². The van der Waals surface area contributed by atoms with Gasteiger partial charge in [-0.1, -0.05) is 0 Å². The van der Waals surface area contributed by atoms with Gasteiger partial charge in [0.1, 0.15) is 17.7 Å². The van der Waals surface area contributed by atoms with Crippen LogP contribution in [0.4, 0.5) is 8.78 Å². The van der Waals surface area contributed by atoms with Crippen molar-refractivity contribution >= 4 is 5.91 Å². The minimum absolute atomic E-state index is 0.190. The van der Waals surface area contributed by atoms with Crippen LogP contribution in [0.1, 0.15) is 22.5 Å². The molecule has 3 rings (SSSR count). The van der Waals surface area contributed by atoms with E-state index in [2.05, 4.69) is 10.3 Å². The molecule has 1 aliphatic rings. The van der Waals surface area contributed by atoms with E-state index in [1.165, 1.54) is 0 Å². The number of benzene rings is 1. The van der Waals surface area contributed by atoms with E-state index >= 15 is 0 Å². The summed E-state index contributed by atoms with van der Waals surface area (Å²) < 4.78 is 37.9. The zero-order chi connectivity index (χ0) is 18.5. The highest BCUT2D eigenvalue weighted by Crippen LogP contribution is 2.19. The number of rotatable bonds is 4. The number of nitrogens with one attached hydrogen (secondary N) is 1. The Bertz CT molecular complexity index is 837.